The Bertz CT molecular complexity index is 541. The van der Waals surface area contributed by atoms with E-state index in [1.54, 1.807) is 0 Å². The summed E-state index contributed by atoms with van der Waals surface area (Å²) in [7, 11) is -2.33. The van der Waals surface area contributed by atoms with Crippen LogP contribution in [0.2, 0.25) is 36.3 Å². The fraction of sp³-hybridized carbons (Fsp3) is 0.850. The summed E-state index contributed by atoms with van der Waals surface area (Å²) in [6, 6.07) is 0. The third-order valence-electron chi connectivity index (χ3n) is 6.44. The first-order chi connectivity index (χ1) is 11.5. The van der Waals surface area contributed by atoms with Crippen molar-refractivity contribution >= 4 is 22.6 Å². The van der Waals surface area contributed by atoms with Crippen molar-refractivity contribution in [3.63, 3.8) is 0 Å². The molecule has 1 fully saturated rings. The molecule has 2 atom stereocenters. The Labute approximate surface area is 162 Å². The second kappa shape index (κ2) is 7.53. The van der Waals surface area contributed by atoms with Gasteiger partial charge in [-0.3, -0.25) is 4.79 Å². The Morgan fingerprint density at radius 3 is 1.96 bits per heavy atom. The molecule has 0 aliphatic heterocycles. The van der Waals surface area contributed by atoms with Gasteiger partial charge in [0.25, 0.3) is 0 Å². The molecule has 0 unspecified atom stereocenters. The van der Waals surface area contributed by atoms with E-state index in [1.807, 2.05) is 6.08 Å². The SMILES string of the molecule is COC(=O)[C@H]1C[C@]1(/C=C/CO[Si](C)(C)C(C)(C)C)O[Si](C)(C)C(C)(C)C. The van der Waals surface area contributed by atoms with Crippen LogP contribution in [0.25, 0.3) is 0 Å². The predicted octanol–water partition coefficient (Wildman–Crippen LogP) is 5.52. The predicted molar refractivity (Wildman–Crippen MR) is 113 cm³/mol. The molecule has 0 heterocycles. The fourth-order valence-electron chi connectivity index (χ4n) is 2.36. The Morgan fingerprint density at radius 2 is 1.54 bits per heavy atom. The summed E-state index contributed by atoms with van der Waals surface area (Å²) in [4.78, 5) is 12.1. The molecule has 26 heavy (non-hydrogen) atoms. The number of esters is 1. The molecule has 0 aromatic rings. The van der Waals surface area contributed by atoms with Gasteiger partial charge in [-0.2, -0.15) is 0 Å². The molecule has 0 aromatic heterocycles. The van der Waals surface area contributed by atoms with E-state index < -0.39 is 22.2 Å². The van der Waals surface area contributed by atoms with E-state index in [0.717, 1.165) is 0 Å². The highest BCUT2D eigenvalue weighted by atomic mass is 28.4. The van der Waals surface area contributed by atoms with E-state index in [-0.39, 0.29) is 22.0 Å². The van der Waals surface area contributed by atoms with Gasteiger partial charge in [0.1, 0.15) is 0 Å². The lowest BCUT2D eigenvalue weighted by Crippen LogP contribution is -2.45. The molecule has 1 rings (SSSR count). The lowest BCUT2D eigenvalue weighted by molar-refractivity contribution is -0.143. The van der Waals surface area contributed by atoms with Crippen LogP contribution in [0.1, 0.15) is 48.0 Å². The number of carbonyl (C=O) groups excluding carboxylic acids is 1. The first kappa shape index (κ1) is 23.6. The summed E-state index contributed by atoms with van der Waals surface area (Å²) in [6.45, 7) is 22.9. The Hall–Kier alpha value is -0.436. The number of ether oxygens (including phenoxy) is 1. The summed E-state index contributed by atoms with van der Waals surface area (Å²) in [5.74, 6) is -0.385. The highest BCUT2D eigenvalue weighted by Crippen LogP contribution is 2.53. The molecule has 1 aliphatic rings. The van der Waals surface area contributed by atoms with E-state index in [4.69, 9.17) is 13.6 Å². The maximum absolute atomic E-state index is 12.1. The van der Waals surface area contributed by atoms with Gasteiger partial charge in [0.2, 0.25) is 0 Å². The molecule has 0 spiro atoms. The van der Waals surface area contributed by atoms with E-state index in [9.17, 15) is 4.79 Å². The summed E-state index contributed by atoms with van der Waals surface area (Å²) in [6.07, 6.45) is 4.79. The minimum atomic E-state index is -2.00. The summed E-state index contributed by atoms with van der Waals surface area (Å²) < 4.78 is 17.8. The van der Waals surface area contributed by atoms with Crippen LogP contribution in [0.3, 0.4) is 0 Å². The largest absolute Gasteiger partial charge is 0.469 e. The van der Waals surface area contributed by atoms with Crippen LogP contribution in [-0.2, 0) is 18.4 Å². The first-order valence-corrected chi connectivity index (χ1v) is 15.4. The third kappa shape index (κ3) is 5.30. The van der Waals surface area contributed by atoms with Crippen LogP contribution in [-0.4, -0.2) is 41.9 Å². The zero-order chi connectivity index (χ0) is 20.6. The number of rotatable bonds is 7. The van der Waals surface area contributed by atoms with Crippen LogP contribution < -0.4 is 0 Å². The Morgan fingerprint density at radius 1 is 1.04 bits per heavy atom. The van der Waals surface area contributed by atoms with Gasteiger partial charge in [-0.15, -0.1) is 0 Å². The van der Waals surface area contributed by atoms with E-state index in [2.05, 4.69) is 73.8 Å². The van der Waals surface area contributed by atoms with Gasteiger partial charge < -0.3 is 13.6 Å². The van der Waals surface area contributed by atoms with Gasteiger partial charge in [0.05, 0.1) is 25.2 Å². The monoisotopic (exact) mass is 400 g/mol. The van der Waals surface area contributed by atoms with Gasteiger partial charge in [0.15, 0.2) is 16.6 Å². The van der Waals surface area contributed by atoms with Crippen molar-refractivity contribution in [1.29, 1.82) is 0 Å². The van der Waals surface area contributed by atoms with E-state index in [0.29, 0.717) is 13.0 Å². The van der Waals surface area contributed by atoms with Gasteiger partial charge in [0, 0.05) is 0 Å². The highest BCUT2D eigenvalue weighted by Gasteiger charge is 2.62. The van der Waals surface area contributed by atoms with Crippen LogP contribution in [0.5, 0.6) is 0 Å². The molecule has 4 nitrogen and oxygen atoms in total. The van der Waals surface area contributed by atoms with Crippen molar-refractivity contribution in [2.45, 2.75) is 89.8 Å². The molecular formula is C20H40O4Si2. The average molecular weight is 401 g/mol. The van der Waals surface area contributed by atoms with Gasteiger partial charge in [-0.05, 0) is 42.7 Å². The number of hydrogen-bond acceptors (Lipinski definition) is 4. The van der Waals surface area contributed by atoms with Crippen LogP contribution in [0, 0.1) is 5.92 Å². The first-order valence-electron chi connectivity index (χ1n) is 9.59. The van der Waals surface area contributed by atoms with Crippen molar-refractivity contribution in [3.05, 3.63) is 12.2 Å². The van der Waals surface area contributed by atoms with Crippen molar-refractivity contribution in [2.75, 3.05) is 13.7 Å². The Kier molecular flexibility index (Phi) is 6.83. The fourth-order valence-corrected chi connectivity index (χ4v) is 4.86. The van der Waals surface area contributed by atoms with Crippen LogP contribution >= 0.6 is 0 Å². The summed E-state index contributed by atoms with van der Waals surface area (Å²) >= 11 is 0. The van der Waals surface area contributed by atoms with Gasteiger partial charge in [-0.1, -0.05) is 53.7 Å². The molecule has 0 bridgehead atoms. The zero-order valence-electron chi connectivity index (χ0n) is 18.8. The maximum atomic E-state index is 12.1. The van der Waals surface area contributed by atoms with E-state index >= 15 is 0 Å². The molecule has 1 aliphatic carbocycles. The zero-order valence-corrected chi connectivity index (χ0v) is 20.8. The molecule has 1 saturated carbocycles. The van der Waals surface area contributed by atoms with Gasteiger partial charge in [-0.25, -0.2) is 0 Å². The maximum Gasteiger partial charge on any atom is 0.312 e. The van der Waals surface area contributed by atoms with Crippen LogP contribution in [0.4, 0.5) is 0 Å². The topological polar surface area (TPSA) is 44.8 Å². The highest BCUT2D eigenvalue weighted by molar-refractivity contribution is 6.74. The summed E-state index contributed by atoms with van der Waals surface area (Å²) in [5.41, 5.74) is -0.521. The molecule has 0 radical (unpaired) electrons. The number of methoxy groups -OCH3 is 1. The number of carbonyl (C=O) groups is 1. The minimum Gasteiger partial charge on any atom is -0.469 e. The van der Waals surface area contributed by atoms with Crippen molar-refractivity contribution in [3.8, 4) is 0 Å². The molecule has 0 saturated heterocycles. The molecule has 0 N–H and O–H groups in total. The lowest BCUT2D eigenvalue weighted by atomic mass is 10.2. The standard InChI is InChI=1S/C20H40O4Si2/c1-18(2,3)25(8,9)23-14-12-13-20(15-16(20)17(21)22-7)24-26(10,11)19(4,5)6/h12-13,16H,14-15H2,1-11H3/b13-12+/t16-,20+/m1/s1. The van der Waals surface area contributed by atoms with Crippen LogP contribution in [0.15, 0.2) is 12.2 Å². The van der Waals surface area contributed by atoms with E-state index in [1.165, 1.54) is 7.11 Å². The lowest BCUT2D eigenvalue weighted by Gasteiger charge is -2.39. The second-order valence-electron chi connectivity index (χ2n) is 10.6. The van der Waals surface area contributed by atoms with Gasteiger partial charge >= 0.3 is 5.97 Å². The quantitative estimate of drug-likeness (QED) is 0.321. The summed E-state index contributed by atoms with van der Waals surface area (Å²) in [5, 5.41) is 0.277. The molecular weight excluding hydrogens is 360 g/mol. The molecule has 0 aromatic carbocycles. The van der Waals surface area contributed by atoms with Crippen molar-refractivity contribution in [2.24, 2.45) is 5.92 Å². The molecule has 152 valence electrons. The third-order valence-corrected chi connectivity index (χ3v) is 15.4. The second-order valence-corrected chi connectivity index (χ2v) is 20.1. The number of hydrogen-bond donors (Lipinski definition) is 0. The van der Waals surface area contributed by atoms with Crippen molar-refractivity contribution < 1.29 is 18.4 Å². The Balaban J connectivity index is 2.89. The average Bonchev–Trinajstić information content (AvgIpc) is 3.14. The molecule has 0 amide bonds. The normalized spacial score (nSPS) is 24.8. The smallest absolute Gasteiger partial charge is 0.312 e. The van der Waals surface area contributed by atoms with Crippen molar-refractivity contribution in [1.82, 2.24) is 0 Å². The minimum absolute atomic E-state index is 0.0920. The molecule has 6 heteroatoms.